The maximum atomic E-state index is 13.5. The van der Waals surface area contributed by atoms with Crippen LogP contribution in [-0.4, -0.2) is 67.6 Å². The Kier molecular flexibility index (Phi) is 8.27. The molecule has 0 aromatic rings. The number of likely N-dealkylation sites (tertiary alicyclic amines) is 2. The lowest BCUT2D eigenvalue weighted by molar-refractivity contribution is -0.117. The summed E-state index contributed by atoms with van der Waals surface area (Å²) < 4.78 is 18.3. The molecule has 0 saturated carbocycles. The average molecular weight is 485 g/mol. The van der Waals surface area contributed by atoms with Crippen LogP contribution in [0.2, 0.25) is 13.1 Å². The van der Waals surface area contributed by atoms with E-state index in [-0.39, 0.29) is 23.5 Å². The number of nitrogens with zero attached hydrogens (tertiary/aromatic N) is 2. The zero-order chi connectivity index (χ0) is 25.4. The first-order valence-electron chi connectivity index (χ1n) is 12.5. The second-order valence-corrected chi connectivity index (χ2v) is 15.4. The summed E-state index contributed by atoms with van der Waals surface area (Å²) in [5.74, 6) is 0.451. The van der Waals surface area contributed by atoms with Crippen molar-refractivity contribution < 1.29 is 23.5 Å². The van der Waals surface area contributed by atoms with Crippen molar-refractivity contribution in [2.45, 2.75) is 112 Å². The molecule has 2 atom stereocenters. The minimum absolute atomic E-state index is 0.0428. The van der Waals surface area contributed by atoms with Crippen molar-refractivity contribution in [1.29, 1.82) is 0 Å². The third-order valence-corrected chi connectivity index (χ3v) is 7.34. The second-order valence-electron chi connectivity index (χ2n) is 13.1. The first-order valence-corrected chi connectivity index (χ1v) is 15.3. The molecule has 2 amide bonds. The van der Waals surface area contributed by atoms with Gasteiger partial charge in [-0.3, -0.25) is 4.90 Å². The molecule has 2 saturated heterocycles. The molecule has 192 valence electrons. The predicted molar refractivity (Wildman–Crippen MR) is 134 cm³/mol. The van der Waals surface area contributed by atoms with Gasteiger partial charge in [-0.2, -0.15) is 0 Å². The van der Waals surface area contributed by atoms with Crippen LogP contribution in [0.25, 0.3) is 0 Å². The second kappa shape index (κ2) is 9.76. The maximum Gasteiger partial charge on any atom is 0.412 e. The quantitative estimate of drug-likeness (QED) is 0.485. The highest BCUT2D eigenvalue weighted by atomic mass is 28.3. The molecule has 0 N–H and O–H groups in total. The Hall–Kier alpha value is -1.28. The zero-order valence-electron chi connectivity index (χ0n) is 22.9. The van der Waals surface area contributed by atoms with Gasteiger partial charge in [-0.25, -0.2) is 9.59 Å². The van der Waals surface area contributed by atoms with Crippen molar-refractivity contribution in [2.75, 3.05) is 19.6 Å². The van der Waals surface area contributed by atoms with Crippen molar-refractivity contribution in [3.05, 3.63) is 0 Å². The van der Waals surface area contributed by atoms with Gasteiger partial charge in [-0.05, 0) is 85.2 Å². The summed E-state index contributed by atoms with van der Waals surface area (Å²) in [5, 5.41) is 0. The lowest BCUT2D eigenvalue weighted by Crippen LogP contribution is -2.59. The Balaban J connectivity index is 2.33. The summed E-state index contributed by atoms with van der Waals surface area (Å²) >= 11 is 0. The summed E-state index contributed by atoms with van der Waals surface area (Å²) in [6.07, 6.45) is 1.79. The fourth-order valence-corrected chi connectivity index (χ4v) is 6.10. The van der Waals surface area contributed by atoms with Crippen LogP contribution in [0.1, 0.15) is 81.6 Å². The summed E-state index contributed by atoms with van der Waals surface area (Å²) in [6, 6.07) is 0. The molecular weight excluding hydrogens is 436 g/mol. The highest BCUT2D eigenvalue weighted by Gasteiger charge is 2.57. The Labute approximate surface area is 203 Å². The molecule has 2 fully saturated rings. The molecule has 0 unspecified atom stereocenters. The molecule has 2 aliphatic heterocycles. The van der Waals surface area contributed by atoms with Crippen molar-refractivity contribution in [1.82, 2.24) is 9.80 Å². The molecule has 2 rings (SSSR count). The number of hydrogen-bond donors (Lipinski definition) is 0. The van der Waals surface area contributed by atoms with Crippen molar-refractivity contribution in [3.8, 4) is 0 Å². The van der Waals surface area contributed by atoms with E-state index in [9.17, 15) is 9.59 Å². The van der Waals surface area contributed by atoms with Gasteiger partial charge in [-0.15, -0.1) is 0 Å². The van der Waals surface area contributed by atoms with E-state index >= 15 is 0 Å². The van der Waals surface area contributed by atoms with E-state index in [2.05, 4.69) is 33.9 Å². The molecule has 2 heterocycles. The van der Waals surface area contributed by atoms with Gasteiger partial charge in [0, 0.05) is 25.6 Å². The molecule has 0 bridgehead atoms. The lowest BCUT2D eigenvalue weighted by Gasteiger charge is -2.48. The molecule has 2 aliphatic rings. The molecule has 0 radical (unpaired) electrons. The third-order valence-electron chi connectivity index (χ3n) is 6.46. The van der Waals surface area contributed by atoms with Gasteiger partial charge in [0.1, 0.15) is 16.9 Å². The highest BCUT2D eigenvalue weighted by molar-refractivity contribution is 6.48. The van der Waals surface area contributed by atoms with E-state index in [4.69, 9.17) is 13.9 Å². The molecule has 7 nitrogen and oxygen atoms in total. The standard InChI is InChI=1S/C25H48N2O5Si/c1-22(2,3)19-16-25(32-33(10)11,27(17-19)21(29)31-24(7,8)9)18-12-14-26(15-13-18)20(28)30-23(4,5)6/h18-19,33H,12-17H2,1-11H3/t19-,25-/m0/s1. The van der Waals surface area contributed by atoms with Crippen LogP contribution in [0, 0.1) is 17.3 Å². The normalized spacial score (nSPS) is 25.5. The number of carbonyl (C=O) groups is 2. The SMILES string of the molecule is C[SiH](C)O[C@]1(C2CCN(C(=O)OC(C)(C)C)CC2)C[C@H](C(C)(C)C)CN1C(=O)OC(C)(C)C. The Morgan fingerprint density at radius 3 is 1.76 bits per heavy atom. The summed E-state index contributed by atoms with van der Waals surface area (Å²) in [7, 11) is -1.49. The molecular formula is C25H48N2O5Si. The van der Waals surface area contributed by atoms with E-state index in [0.717, 1.165) is 19.3 Å². The lowest BCUT2D eigenvalue weighted by atomic mass is 9.76. The van der Waals surface area contributed by atoms with Crippen LogP contribution in [0.15, 0.2) is 0 Å². The zero-order valence-corrected chi connectivity index (χ0v) is 24.1. The average Bonchev–Trinajstić information content (AvgIpc) is 2.99. The van der Waals surface area contributed by atoms with Crippen LogP contribution < -0.4 is 0 Å². The first-order chi connectivity index (χ1) is 14.8. The smallest absolute Gasteiger partial charge is 0.412 e. The van der Waals surface area contributed by atoms with E-state index in [1.807, 2.05) is 46.4 Å². The van der Waals surface area contributed by atoms with Gasteiger partial charge < -0.3 is 18.8 Å². The molecule has 33 heavy (non-hydrogen) atoms. The monoisotopic (exact) mass is 484 g/mol. The molecule has 0 aliphatic carbocycles. The summed E-state index contributed by atoms with van der Waals surface area (Å²) in [5.41, 5.74) is -1.72. The van der Waals surface area contributed by atoms with E-state index < -0.39 is 26.0 Å². The van der Waals surface area contributed by atoms with Crippen molar-refractivity contribution in [3.63, 3.8) is 0 Å². The van der Waals surface area contributed by atoms with Gasteiger partial charge in [0.05, 0.1) is 0 Å². The van der Waals surface area contributed by atoms with Gasteiger partial charge in [0.15, 0.2) is 9.04 Å². The van der Waals surface area contributed by atoms with Crippen LogP contribution in [-0.2, 0) is 13.9 Å². The summed E-state index contributed by atoms with van der Waals surface area (Å²) in [4.78, 5) is 29.7. The molecule has 0 spiro atoms. The van der Waals surface area contributed by atoms with Crippen LogP contribution >= 0.6 is 0 Å². The fourth-order valence-electron chi connectivity index (χ4n) is 4.87. The third kappa shape index (κ3) is 7.35. The minimum Gasteiger partial charge on any atom is -0.444 e. The minimum atomic E-state index is -1.49. The number of piperidine rings is 1. The van der Waals surface area contributed by atoms with Gasteiger partial charge in [0.2, 0.25) is 0 Å². The van der Waals surface area contributed by atoms with Crippen molar-refractivity contribution in [2.24, 2.45) is 17.3 Å². The molecule has 0 aromatic heterocycles. The predicted octanol–water partition coefficient (Wildman–Crippen LogP) is 5.63. The van der Waals surface area contributed by atoms with Gasteiger partial charge >= 0.3 is 12.2 Å². The van der Waals surface area contributed by atoms with E-state index in [1.54, 1.807) is 4.90 Å². The van der Waals surface area contributed by atoms with Gasteiger partial charge in [0.25, 0.3) is 0 Å². The topological polar surface area (TPSA) is 68.3 Å². The largest absolute Gasteiger partial charge is 0.444 e. The fraction of sp³-hybridized carbons (Fsp3) is 0.920. The number of carbonyl (C=O) groups excluding carboxylic acids is 2. The first kappa shape index (κ1) is 28.0. The van der Waals surface area contributed by atoms with Crippen LogP contribution in [0.3, 0.4) is 0 Å². The molecule has 8 heteroatoms. The number of ether oxygens (including phenoxy) is 2. The van der Waals surface area contributed by atoms with Crippen LogP contribution in [0.4, 0.5) is 9.59 Å². The summed E-state index contributed by atoms with van der Waals surface area (Å²) in [6.45, 7) is 24.2. The van der Waals surface area contributed by atoms with E-state index in [1.165, 1.54) is 0 Å². The Morgan fingerprint density at radius 2 is 1.33 bits per heavy atom. The number of amides is 2. The molecule has 0 aromatic carbocycles. The highest BCUT2D eigenvalue weighted by Crippen LogP contribution is 2.49. The maximum absolute atomic E-state index is 13.5. The Morgan fingerprint density at radius 1 is 0.848 bits per heavy atom. The van der Waals surface area contributed by atoms with Gasteiger partial charge in [-0.1, -0.05) is 20.8 Å². The van der Waals surface area contributed by atoms with E-state index in [0.29, 0.717) is 25.6 Å². The number of rotatable bonds is 3. The Bertz CT molecular complexity index is 699. The van der Waals surface area contributed by atoms with Crippen LogP contribution in [0.5, 0.6) is 0 Å². The number of hydrogen-bond acceptors (Lipinski definition) is 5. The van der Waals surface area contributed by atoms with Crippen molar-refractivity contribution >= 4 is 21.2 Å².